The Kier molecular flexibility index (Phi) is 33.0. The minimum Gasteiger partial charge on any atom is -0.394 e. The number of aliphatic hydroxyl groups is 2. The second-order valence-corrected chi connectivity index (χ2v) is 10.3. The molecule has 0 bridgehead atoms. The normalized spacial score (nSPS) is 11.8. The molecule has 0 aliphatic rings. The van der Waals surface area contributed by atoms with E-state index in [1.54, 1.807) is 0 Å². The van der Waals surface area contributed by atoms with Gasteiger partial charge in [0.15, 0.2) is 0 Å². The first-order valence-electron chi connectivity index (χ1n) is 14.2. The number of aliphatic hydroxyl groups excluding tert-OH is 2. The quantitative estimate of drug-likeness (QED) is 0.0647. The van der Waals surface area contributed by atoms with Crippen molar-refractivity contribution < 1.29 is 36.8 Å². The van der Waals surface area contributed by atoms with E-state index in [2.05, 4.69) is 28.6 Å². The first kappa shape index (κ1) is 38.6. The largest absolute Gasteiger partial charge is 0.397 e. The van der Waals surface area contributed by atoms with Crippen molar-refractivity contribution in [1.29, 1.82) is 0 Å². The highest BCUT2D eigenvalue weighted by Crippen LogP contribution is 2.14. The Labute approximate surface area is 227 Å². The van der Waals surface area contributed by atoms with Crippen LogP contribution in [0.3, 0.4) is 0 Å². The van der Waals surface area contributed by atoms with Crippen LogP contribution in [0.15, 0.2) is 12.2 Å². The van der Waals surface area contributed by atoms with Crippen LogP contribution in [0.25, 0.3) is 0 Å². The number of hydrogen-bond donors (Lipinski definition) is 4. The number of unbranched alkanes of at least 4 members (excludes halogenated alkanes) is 11. The lowest BCUT2D eigenvalue weighted by molar-refractivity contribution is 0.0142. The third kappa shape index (κ3) is 37.6. The van der Waals surface area contributed by atoms with Crippen LogP contribution in [0.1, 0.15) is 96.8 Å². The number of ether oxygens (including phenoxy) is 2. The van der Waals surface area contributed by atoms with Gasteiger partial charge in [-0.1, -0.05) is 70.4 Å². The van der Waals surface area contributed by atoms with Crippen LogP contribution in [0.2, 0.25) is 0 Å². The lowest BCUT2D eigenvalue weighted by atomic mass is 10.0. The first-order chi connectivity index (χ1) is 17.9. The van der Waals surface area contributed by atoms with Gasteiger partial charge in [0.1, 0.15) is 0 Å². The van der Waals surface area contributed by atoms with Gasteiger partial charge in [-0.3, -0.25) is 8.74 Å². The Morgan fingerprint density at radius 2 is 1.19 bits per heavy atom. The van der Waals surface area contributed by atoms with Gasteiger partial charge in [-0.15, -0.1) is 0 Å². The van der Waals surface area contributed by atoms with Crippen molar-refractivity contribution in [3.8, 4) is 0 Å². The first-order valence-corrected chi connectivity index (χ1v) is 15.5. The van der Waals surface area contributed by atoms with Gasteiger partial charge in [0, 0.05) is 5.92 Å². The van der Waals surface area contributed by atoms with Crippen LogP contribution in [0.4, 0.5) is 0 Å². The molecular weight excluding hydrogens is 498 g/mol. The molecule has 37 heavy (non-hydrogen) atoms. The second kappa shape index (κ2) is 31.6. The van der Waals surface area contributed by atoms with Gasteiger partial charge >= 0.3 is 10.4 Å². The van der Waals surface area contributed by atoms with Gasteiger partial charge in [-0.25, -0.2) is 0 Å². The summed E-state index contributed by atoms with van der Waals surface area (Å²) in [5, 5.41) is 21.1. The Balaban J connectivity index is 0. The summed E-state index contributed by atoms with van der Waals surface area (Å²) in [5.74, 6) is 0.360. The van der Waals surface area contributed by atoms with E-state index in [0.29, 0.717) is 32.3 Å². The molecule has 10 heteroatoms. The molecule has 0 heterocycles. The monoisotopic (exact) mass is 555 g/mol. The average Bonchev–Trinajstić information content (AvgIpc) is 2.87. The summed E-state index contributed by atoms with van der Waals surface area (Å²) in [6.45, 7) is 6.62. The fraction of sp³-hybridized carbons (Fsp3) is 0.926. The van der Waals surface area contributed by atoms with Gasteiger partial charge in [0.2, 0.25) is 0 Å². The molecule has 0 spiro atoms. The molecule has 0 saturated heterocycles. The molecule has 0 saturated carbocycles. The molecule has 9 nitrogen and oxygen atoms in total. The van der Waals surface area contributed by atoms with Crippen LogP contribution >= 0.6 is 0 Å². The molecular formula is C27H57NO8S. The summed E-state index contributed by atoms with van der Waals surface area (Å²) in [4.78, 5) is 0. The summed E-state index contributed by atoms with van der Waals surface area (Å²) in [5.41, 5.74) is 0. The molecule has 0 fully saturated rings. The van der Waals surface area contributed by atoms with E-state index < -0.39 is 10.4 Å². The van der Waals surface area contributed by atoms with Crippen LogP contribution in [0.5, 0.6) is 0 Å². The van der Waals surface area contributed by atoms with E-state index in [1.165, 1.54) is 90.0 Å². The van der Waals surface area contributed by atoms with Gasteiger partial charge in [-0.05, 0) is 51.6 Å². The standard InChI is InChI=1S/C26H53NO4.CH4O4S/c1-2-27-19-17-15-13-11-9-7-5-3-4-6-8-10-12-14-16-18-26(24-30-22-20-28)25-31-23-21-29;1-5-6(2,3)4/h3-4,26-29H,2,5-25H2,1H3;1H3,(H,2,3,4)/b4-3-;. The zero-order valence-electron chi connectivity index (χ0n) is 23.6. The number of nitrogens with one attached hydrogen (secondary N) is 1. The zero-order valence-corrected chi connectivity index (χ0v) is 24.4. The van der Waals surface area contributed by atoms with Crippen LogP contribution in [0, 0.1) is 5.92 Å². The van der Waals surface area contributed by atoms with E-state index >= 15 is 0 Å². The predicted octanol–water partition coefficient (Wildman–Crippen LogP) is 4.68. The van der Waals surface area contributed by atoms with Crippen LogP contribution in [-0.2, 0) is 24.1 Å². The number of allylic oxidation sites excluding steroid dienone is 2. The average molecular weight is 556 g/mol. The number of rotatable bonds is 27. The summed E-state index contributed by atoms with van der Waals surface area (Å²) in [6.07, 6.45) is 22.9. The Morgan fingerprint density at radius 3 is 1.62 bits per heavy atom. The summed E-state index contributed by atoms with van der Waals surface area (Å²) >= 11 is 0. The molecule has 4 N–H and O–H groups in total. The SMILES string of the molecule is CCNCCCCCCCC/C=C\CCCCCCCC(COCCO)COCCO.COS(=O)(=O)O. The molecule has 0 aliphatic heterocycles. The van der Waals surface area contributed by atoms with E-state index in [0.717, 1.165) is 20.1 Å². The van der Waals surface area contributed by atoms with Crippen LogP contribution in [-0.4, -0.2) is 83.0 Å². The van der Waals surface area contributed by atoms with E-state index in [1.807, 2.05) is 0 Å². The maximum absolute atomic E-state index is 9.33. The van der Waals surface area contributed by atoms with E-state index in [4.69, 9.17) is 24.2 Å². The molecule has 0 aromatic rings. The van der Waals surface area contributed by atoms with E-state index in [9.17, 15) is 8.42 Å². The Morgan fingerprint density at radius 1 is 0.757 bits per heavy atom. The predicted molar refractivity (Wildman–Crippen MR) is 150 cm³/mol. The molecule has 0 unspecified atom stereocenters. The third-order valence-corrected chi connectivity index (χ3v) is 6.18. The van der Waals surface area contributed by atoms with E-state index in [-0.39, 0.29) is 13.2 Å². The van der Waals surface area contributed by atoms with Crippen molar-refractivity contribution in [1.82, 2.24) is 5.32 Å². The van der Waals surface area contributed by atoms with Crippen molar-refractivity contribution >= 4 is 10.4 Å². The van der Waals surface area contributed by atoms with Crippen molar-refractivity contribution in [2.45, 2.75) is 96.8 Å². The van der Waals surface area contributed by atoms with Gasteiger partial charge in [0.05, 0.1) is 46.8 Å². The van der Waals surface area contributed by atoms with Crippen molar-refractivity contribution in [3.05, 3.63) is 12.2 Å². The highest BCUT2D eigenvalue weighted by Gasteiger charge is 2.09. The molecule has 0 rings (SSSR count). The fourth-order valence-corrected chi connectivity index (χ4v) is 3.70. The maximum atomic E-state index is 9.33. The Hall–Kier alpha value is -0.590. The minimum absolute atomic E-state index is 0.0654. The third-order valence-electron chi connectivity index (χ3n) is 5.76. The summed E-state index contributed by atoms with van der Waals surface area (Å²) < 4.78 is 40.6. The maximum Gasteiger partial charge on any atom is 0.397 e. The smallest absolute Gasteiger partial charge is 0.394 e. The van der Waals surface area contributed by atoms with Crippen molar-refractivity contribution in [2.75, 3.05) is 59.8 Å². The van der Waals surface area contributed by atoms with Gasteiger partial charge in [-0.2, -0.15) is 8.42 Å². The summed E-state index contributed by atoms with van der Waals surface area (Å²) in [7, 11) is -3.29. The molecule has 0 aliphatic carbocycles. The molecule has 224 valence electrons. The van der Waals surface area contributed by atoms with Gasteiger partial charge in [0.25, 0.3) is 0 Å². The molecule has 0 aromatic heterocycles. The summed E-state index contributed by atoms with van der Waals surface area (Å²) in [6, 6.07) is 0. The molecule has 0 aromatic carbocycles. The minimum atomic E-state index is -4.16. The highest BCUT2D eigenvalue weighted by molar-refractivity contribution is 7.80. The fourth-order valence-electron chi connectivity index (χ4n) is 3.70. The van der Waals surface area contributed by atoms with Crippen LogP contribution < -0.4 is 5.32 Å². The van der Waals surface area contributed by atoms with Gasteiger partial charge < -0.3 is 25.0 Å². The molecule has 0 atom stereocenters. The van der Waals surface area contributed by atoms with Crippen molar-refractivity contribution in [3.63, 3.8) is 0 Å². The zero-order chi connectivity index (χ0) is 27.9. The topological polar surface area (TPSA) is 135 Å². The van der Waals surface area contributed by atoms with Crippen molar-refractivity contribution in [2.24, 2.45) is 5.92 Å². The Bertz CT molecular complexity index is 551. The highest BCUT2D eigenvalue weighted by atomic mass is 32.3. The number of hydrogen-bond acceptors (Lipinski definition) is 8. The lowest BCUT2D eigenvalue weighted by Gasteiger charge is -2.17. The second-order valence-electron chi connectivity index (χ2n) is 9.14. The lowest BCUT2D eigenvalue weighted by Crippen LogP contribution is -2.18. The molecule has 0 amide bonds. The molecule has 0 radical (unpaired) electrons.